The number of fused-ring (bicyclic) bond motifs is 1. The van der Waals surface area contributed by atoms with Gasteiger partial charge in [-0.05, 0) is 54.3 Å². The molecule has 0 radical (unpaired) electrons. The van der Waals surface area contributed by atoms with E-state index in [2.05, 4.69) is 0 Å². The lowest BCUT2D eigenvalue weighted by Crippen LogP contribution is -2.34. The molecule has 9 heteroatoms. The molecule has 1 unspecified atom stereocenters. The first-order valence-electron chi connectivity index (χ1n) is 10.1. The van der Waals surface area contributed by atoms with Gasteiger partial charge in [-0.1, -0.05) is 43.1 Å². The van der Waals surface area contributed by atoms with Gasteiger partial charge in [0.05, 0.1) is 24.0 Å². The van der Waals surface area contributed by atoms with Gasteiger partial charge in [0.15, 0.2) is 0 Å². The quantitative estimate of drug-likeness (QED) is 0.323. The molecule has 3 rings (SSSR count). The van der Waals surface area contributed by atoms with Gasteiger partial charge in [-0.25, -0.2) is 17.1 Å². The lowest BCUT2D eigenvalue weighted by atomic mass is 10.0. The Bertz CT molecular complexity index is 1160. The van der Waals surface area contributed by atoms with Gasteiger partial charge in [0.2, 0.25) is 0 Å². The van der Waals surface area contributed by atoms with Crippen LogP contribution in [0.25, 0.3) is 6.08 Å². The van der Waals surface area contributed by atoms with E-state index in [9.17, 15) is 22.4 Å². The fourth-order valence-corrected chi connectivity index (χ4v) is 5.83. The zero-order valence-electron chi connectivity index (χ0n) is 17.7. The maximum atomic E-state index is 13.6. The van der Waals surface area contributed by atoms with E-state index >= 15 is 0 Å². The van der Waals surface area contributed by atoms with E-state index in [1.54, 1.807) is 25.1 Å². The van der Waals surface area contributed by atoms with Crippen molar-refractivity contribution in [2.75, 3.05) is 6.61 Å². The van der Waals surface area contributed by atoms with Gasteiger partial charge >= 0.3 is 5.97 Å². The minimum absolute atomic E-state index is 0.0157. The molecule has 0 saturated carbocycles. The maximum Gasteiger partial charge on any atom is 0.308 e. The number of benzene rings is 2. The van der Waals surface area contributed by atoms with Crippen LogP contribution >= 0.6 is 11.6 Å². The first kappa shape index (κ1) is 23.9. The van der Waals surface area contributed by atoms with Crippen LogP contribution in [0.4, 0.5) is 4.39 Å². The van der Waals surface area contributed by atoms with E-state index in [0.29, 0.717) is 27.4 Å². The fourth-order valence-electron chi connectivity index (χ4n) is 3.61. The van der Waals surface area contributed by atoms with E-state index in [1.165, 1.54) is 12.1 Å². The van der Waals surface area contributed by atoms with Crippen LogP contribution in [-0.2, 0) is 24.3 Å². The molecule has 0 fully saturated rings. The molecule has 2 aromatic carbocycles. The second kappa shape index (κ2) is 9.83. The monoisotopic (exact) mass is 479 g/mol. The highest BCUT2D eigenvalue weighted by Gasteiger charge is 2.46. The van der Waals surface area contributed by atoms with Crippen LogP contribution in [0.3, 0.4) is 0 Å². The summed E-state index contributed by atoms with van der Waals surface area (Å²) in [6.07, 6.45) is 3.53. The van der Waals surface area contributed by atoms with Gasteiger partial charge in [0.25, 0.3) is 15.9 Å². The summed E-state index contributed by atoms with van der Waals surface area (Å²) < 4.78 is 46.0. The molecule has 1 heterocycles. The van der Waals surface area contributed by atoms with Crippen LogP contribution in [0, 0.1) is 12.7 Å². The van der Waals surface area contributed by atoms with Crippen LogP contribution in [-0.4, -0.2) is 31.2 Å². The molecule has 1 amide bonds. The minimum Gasteiger partial charge on any atom is -0.466 e. The fraction of sp³-hybridized carbons (Fsp3) is 0.304. The Morgan fingerprint density at radius 3 is 2.69 bits per heavy atom. The molecule has 0 aliphatic carbocycles. The Morgan fingerprint density at radius 1 is 1.25 bits per heavy atom. The Balaban J connectivity index is 1.95. The summed E-state index contributed by atoms with van der Waals surface area (Å²) in [7, 11) is -4.19. The third kappa shape index (κ3) is 5.02. The van der Waals surface area contributed by atoms with Crippen molar-refractivity contribution < 1.29 is 27.1 Å². The molecule has 1 aliphatic rings. The smallest absolute Gasteiger partial charge is 0.308 e. The number of esters is 1. The number of carbonyl (C=O) groups excluding carboxylic acids is 2. The SMILES string of the molecule is CCCCOC(=O)CC1c2cccc(C)c2S(=O)(=O)N1C(=O)/C=C/c1cc(F)cc(Cl)c1. The number of halogens is 2. The van der Waals surface area contributed by atoms with Gasteiger partial charge in [-0.15, -0.1) is 0 Å². The maximum absolute atomic E-state index is 13.6. The minimum atomic E-state index is -4.19. The van der Waals surface area contributed by atoms with Crippen molar-refractivity contribution in [2.24, 2.45) is 0 Å². The van der Waals surface area contributed by atoms with E-state index in [-0.39, 0.29) is 22.9 Å². The molecule has 1 aliphatic heterocycles. The number of ether oxygens (including phenoxy) is 1. The second-order valence-corrected chi connectivity index (χ2v) is 9.65. The van der Waals surface area contributed by atoms with Crippen molar-refractivity contribution in [3.05, 3.63) is 70.0 Å². The standard InChI is InChI=1S/C23H23ClFNO5S/c1-3-4-10-31-22(28)14-20-19-7-5-6-15(2)23(19)32(29,30)26(20)21(27)9-8-16-11-17(24)13-18(25)12-16/h5-9,11-13,20H,3-4,10,14H2,1-2H3/b9-8+. The topological polar surface area (TPSA) is 80.8 Å². The summed E-state index contributed by atoms with van der Waals surface area (Å²) in [6, 6.07) is 7.59. The van der Waals surface area contributed by atoms with E-state index < -0.39 is 33.8 Å². The largest absolute Gasteiger partial charge is 0.466 e. The van der Waals surface area contributed by atoms with Crippen molar-refractivity contribution in [3.63, 3.8) is 0 Å². The van der Waals surface area contributed by atoms with Crippen molar-refractivity contribution in [1.29, 1.82) is 0 Å². The number of aryl methyl sites for hydroxylation is 1. The molecule has 0 spiro atoms. The van der Waals surface area contributed by atoms with Gasteiger partial charge in [-0.3, -0.25) is 9.59 Å². The summed E-state index contributed by atoms with van der Waals surface area (Å²) in [5.41, 5.74) is 1.14. The number of rotatable bonds is 7. The lowest BCUT2D eigenvalue weighted by Gasteiger charge is -2.22. The van der Waals surface area contributed by atoms with E-state index in [1.807, 2.05) is 6.92 Å². The average Bonchev–Trinajstić information content (AvgIpc) is 2.93. The summed E-state index contributed by atoms with van der Waals surface area (Å²) in [5.74, 6) is -2.03. The first-order chi connectivity index (χ1) is 15.1. The van der Waals surface area contributed by atoms with E-state index in [0.717, 1.165) is 24.6 Å². The van der Waals surface area contributed by atoms with Crippen LogP contribution < -0.4 is 0 Å². The molecule has 170 valence electrons. The predicted octanol–water partition coefficient (Wildman–Crippen LogP) is 4.81. The number of amides is 1. The number of nitrogens with zero attached hydrogens (tertiary/aromatic N) is 1. The first-order valence-corrected chi connectivity index (χ1v) is 11.9. The van der Waals surface area contributed by atoms with E-state index in [4.69, 9.17) is 16.3 Å². The van der Waals surface area contributed by atoms with Crippen molar-refractivity contribution >= 4 is 39.6 Å². The van der Waals surface area contributed by atoms with Crippen LogP contribution in [0.15, 0.2) is 47.4 Å². The molecule has 0 bridgehead atoms. The average molecular weight is 480 g/mol. The highest BCUT2D eigenvalue weighted by atomic mass is 35.5. The van der Waals surface area contributed by atoms with Crippen molar-refractivity contribution in [3.8, 4) is 0 Å². The molecule has 1 atom stereocenters. The van der Waals surface area contributed by atoms with Crippen molar-refractivity contribution in [2.45, 2.75) is 44.0 Å². The van der Waals surface area contributed by atoms with Crippen LogP contribution in [0.2, 0.25) is 5.02 Å². The second-order valence-electron chi connectivity index (χ2n) is 7.46. The Labute approximate surface area is 191 Å². The number of unbranched alkanes of at least 4 members (excludes halogenated alkanes) is 1. The molecule has 6 nitrogen and oxygen atoms in total. The summed E-state index contributed by atoms with van der Waals surface area (Å²) in [6.45, 7) is 3.81. The summed E-state index contributed by atoms with van der Waals surface area (Å²) in [4.78, 5) is 25.4. The molecular formula is C23H23ClFNO5S. The Kier molecular flexibility index (Phi) is 7.36. The highest BCUT2D eigenvalue weighted by molar-refractivity contribution is 7.90. The predicted molar refractivity (Wildman–Crippen MR) is 119 cm³/mol. The van der Waals surface area contributed by atoms with Gasteiger partial charge in [0.1, 0.15) is 5.82 Å². The Morgan fingerprint density at radius 2 is 2.00 bits per heavy atom. The number of carbonyl (C=O) groups is 2. The molecule has 0 N–H and O–H groups in total. The summed E-state index contributed by atoms with van der Waals surface area (Å²) >= 11 is 5.83. The zero-order valence-corrected chi connectivity index (χ0v) is 19.2. The van der Waals surface area contributed by atoms with Crippen LogP contribution in [0.5, 0.6) is 0 Å². The number of hydrogen-bond donors (Lipinski definition) is 0. The molecule has 2 aromatic rings. The highest BCUT2D eigenvalue weighted by Crippen LogP contribution is 2.43. The zero-order chi connectivity index (χ0) is 23.5. The van der Waals surface area contributed by atoms with Crippen molar-refractivity contribution in [1.82, 2.24) is 4.31 Å². The lowest BCUT2D eigenvalue weighted by molar-refractivity contribution is -0.145. The third-order valence-electron chi connectivity index (χ3n) is 5.04. The molecular weight excluding hydrogens is 457 g/mol. The van der Waals surface area contributed by atoms with Gasteiger partial charge < -0.3 is 4.74 Å². The number of hydrogen-bond acceptors (Lipinski definition) is 5. The molecule has 0 aromatic heterocycles. The van der Waals surface area contributed by atoms with Crippen LogP contribution in [0.1, 0.15) is 48.9 Å². The molecule has 32 heavy (non-hydrogen) atoms. The Hall–Kier alpha value is -2.71. The normalized spacial score (nSPS) is 16.9. The summed E-state index contributed by atoms with van der Waals surface area (Å²) in [5, 5.41) is 0.140. The van der Waals surface area contributed by atoms with Gasteiger partial charge in [0, 0.05) is 11.1 Å². The molecule has 0 saturated heterocycles. The van der Waals surface area contributed by atoms with Gasteiger partial charge in [-0.2, -0.15) is 0 Å². The number of sulfonamides is 1. The third-order valence-corrected chi connectivity index (χ3v) is 7.29.